The number of rotatable bonds is 4. The van der Waals surface area contributed by atoms with E-state index < -0.39 is 0 Å². The van der Waals surface area contributed by atoms with E-state index in [4.69, 9.17) is 4.98 Å². The molecule has 4 nitrogen and oxygen atoms in total. The molecule has 0 bridgehead atoms. The topological polar surface area (TPSA) is 42.7 Å². The number of hydrogen-bond donors (Lipinski definition) is 1. The van der Waals surface area contributed by atoms with Crippen LogP contribution >= 0.6 is 23.7 Å². The highest BCUT2D eigenvalue weighted by molar-refractivity contribution is 7.14. The van der Waals surface area contributed by atoms with Crippen LogP contribution in [0.4, 0.5) is 10.9 Å². The molecule has 1 aliphatic rings. The fourth-order valence-electron chi connectivity index (χ4n) is 2.93. The maximum absolute atomic E-state index is 4.72. The van der Waals surface area contributed by atoms with Gasteiger partial charge in [-0.1, -0.05) is 6.07 Å². The summed E-state index contributed by atoms with van der Waals surface area (Å²) in [5.74, 6) is 0.826. The van der Waals surface area contributed by atoms with Crippen LogP contribution in [0.5, 0.6) is 0 Å². The molecule has 1 aliphatic carbocycles. The molecule has 23 heavy (non-hydrogen) atoms. The van der Waals surface area contributed by atoms with Crippen molar-refractivity contribution in [2.75, 3.05) is 5.32 Å². The molecule has 3 aromatic heterocycles. The Hall–Kier alpha value is -1.85. The lowest BCUT2D eigenvalue weighted by Crippen LogP contribution is -1.98. The predicted molar refractivity (Wildman–Crippen MR) is 98.1 cm³/mol. The number of nitrogens with one attached hydrogen (secondary N) is 1. The highest BCUT2D eigenvalue weighted by Gasteiger charge is 2.27. The summed E-state index contributed by atoms with van der Waals surface area (Å²) < 4.78 is 2.46. The molecule has 4 rings (SSSR count). The van der Waals surface area contributed by atoms with Crippen molar-refractivity contribution in [1.29, 1.82) is 0 Å². The minimum atomic E-state index is 0. The molecular formula is C17H19ClN4S. The Labute approximate surface area is 146 Å². The molecule has 0 aliphatic heterocycles. The van der Waals surface area contributed by atoms with E-state index in [0.29, 0.717) is 6.04 Å². The lowest BCUT2D eigenvalue weighted by atomic mass is 10.2. The zero-order chi connectivity index (χ0) is 15.1. The van der Waals surface area contributed by atoms with Gasteiger partial charge in [0.05, 0.1) is 5.69 Å². The number of aryl methyl sites for hydroxylation is 1. The Balaban J connectivity index is 0.00000156. The van der Waals surface area contributed by atoms with Crippen LogP contribution in [-0.4, -0.2) is 14.5 Å². The molecule has 0 saturated heterocycles. The minimum absolute atomic E-state index is 0. The van der Waals surface area contributed by atoms with E-state index in [9.17, 15) is 0 Å². The van der Waals surface area contributed by atoms with Gasteiger partial charge in [0.2, 0.25) is 0 Å². The molecule has 3 aromatic rings. The molecule has 0 radical (unpaired) electrons. The van der Waals surface area contributed by atoms with Crippen LogP contribution in [0.3, 0.4) is 0 Å². The first-order valence-corrected chi connectivity index (χ1v) is 8.43. The van der Waals surface area contributed by atoms with Crippen LogP contribution in [0.2, 0.25) is 0 Å². The second-order valence-electron chi connectivity index (χ2n) is 5.76. The standard InChI is InChI=1S/C17H18N4S.ClH/c1-11-9-14(12(2)21(11)13-6-7-13)15-10-22-17(19-15)20-16-5-3-4-8-18-16;/h3-5,8-10,13H,6-7H2,1-2H3,(H,18,19,20);1H. The van der Waals surface area contributed by atoms with E-state index in [2.05, 4.69) is 40.2 Å². The maximum Gasteiger partial charge on any atom is 0.188 e. The van der Waals surface area contributed by atoms with Crippen LogP contribution in [0, 0.1) is 13.8 Å². The zero-order valence-corrected chi connectivity index (χ0v) is 14.7. The SMILES string of the molecule is Cc1cc(-c2csc(Nc3ccccn3)n2)c(C)n1C1CC1.Cl. The van der Waals surface area contributed by atoms with Gasteiger partial charge in [-0.05, 0) is 44.9 Å². The van der Waals surface area contributed by atoms with E-state index in [1.54, 1.807) is 17.5 Å². The van der Waals surface area contributed by atoms with E-state index in [-0.39, 0.29) is 12.4 Å². The first-order valence-electron chi connectivity index (χ1n) is 7.55. The summed E-state index contributed by atoms with van der Waals surface area (Å²) in [6, 6.07) is 8.78. The van der Waals surface area contributed by atoms with Crippen LogP contribution < -0.4 is 5.32 Å². The van der Waals surface area contributed by atoms with E-state index in [0.717, 1.165) is 16.6 Å². The second-order valence-corrected chi connectivity index (χ2v) is 6.62. The largest absolute Gasteiger partial charge is 0.345 e. The van der Waals surface area contributed by atoms with Gasteiger partial charge in [0, 0.05) is 34.6 Å². The average Bonchev–Trinajstić information content (AvgIpc) is 3.16. The van der Waals surface area contributed by atoms with Gasteiger partial charge < -0.3 is 9.88 Å². The van der Waals surface area contributed by atoms with Gasteiger partial charge in [-0.3, -0.25) is 0 Å². The molecule has 120 valence electrons. The van der Waals surface area contributed by atoms with Crippen molar-refractivity contribution in [3.63, 3.8) is 0 Å². The van der Waals surface area contributed by atoms with Crippen molar-refractivity contribution in [3.05, 3.63) is 47.2 Å². The summed E-state index contributed by atoms with van der Waals surface area (Å²) in [7, 11) is 0. The van der Waals surface area contributed by atoms with Gasteiger partial charge >= 0.3 is 0 Å². The Morgan fingerprint density at radius 2 is 2.09 bits per heavy atom. The number of anilines is 2. The molecule has 3 heterocycles. The smallest absolute Gasteiger partial charge is 0.188 e. The maximum atomic E-state index is 4.72. The number of thiazole rings is 1. The van der Waals surface area contributed by atoms with Crippen LogP contribution in [0.25, 0.3) is 11.3 Å². The summed E-state index contributed by atoms with van der Waals surface area (Å²) in [6.07, 6.45) is 4.39. The molecule has 0 spiro atoms. The van der Waals surface area contributed by atoms with Crippen molar-refractivity contribution < 1.29 is 0 Å². The fraction of sp³-hybridized carbons (Fsp3) is 0.294. The van der Waals surface area contributed by atoms with Gasteiger partial charge in [0.25, 0.3) is 0 Å². The van der Waals surface area contributed by atoms with E-state index in [1.807, 2.05) is 18.2 Å². The lowest BCUT2D eigenvalue weighted by Gasteiger charge is -2.07. The molecule has 0 unspecified atom stereocenters. The summed E-state index contributed by atoms with van der Waals surface area (Å²) in [5.41, 5.74) is 4.95. The van der Waals surface area contributed by atoms with Crippen molar-refractivity contribution >= 4 is 34.7 Å². The zero-order valence-electron chi connectivity index (χ0n) is 13.1. The summed E-state index contributed by atoms with van der Waals surface area (Å²) >= 11 is 1.62. The third-order valence-electron chi connectivity index (χ3n) is 4.08. The molecule has 0 atom stereocenters. The number of nitrogens with zero attached hydrogens (tertiary/aromatic N) is 3. The molecule has 0 amide bonds. The van der Waals surface area contributed by atoms with Crippen molar-refractivity contribution in [1.82, 2.24) is 14.5 Å². The van der Waals surface area contributed by atoms with Crippen LogP contribution in [-0.2, 0) is 0 Å². The van der Waals surface area contributed by atoms with Crippen molar-refractivity contribution in [3.8, 4) is 11.3 Å². The molecule has 1 N–H and O–H groups in total. The second kappa shape index (κ2) is 6.34. The minimum Gasteiger partial charge on any atom is -0.345 e. The number of aromatic nitrogens is 3. The van der Waals surface area contributed by atoms with Crippen molar-refractivity contribution in [2.24, 2.45) is 0 Å². The van der Waals surface area contributed by atoms with Crippen molar-refractivity contribution in [2.45, 2.75) is 32.7 Å². The van der Waals surface area contributed by atoms with Gasteiger partial charge in [-0.25, -0.2) is 9.97 Å². The highest BCUT2D eigenvalue weighted by atomic mass is 35.5. The first-order chi connectivity index (χ1) is 10.7. The van der Waals surface area contributed by atoms with Gasteiger partial charge in [-0.15, -0.1) is 23.7 Å². The van der Waals surface area contributed by atoms with Crippen LogP contribution in [0.1, 0.15) is 30.3 Å². The average molecular weight is 347 g/mol. The number of hydrogen-bond acceptors (Lipinski definition) is 4. The molecular weight excluding hydrogens is 328 g/mol. The number of halogens is 1. The highest BCUT2D eigenvalue weighted by Crippen LogP contribution is 2.40. The van der Waals surface area contributed by atoms with Gasteiger partial charge in [0.1, 0.15) is 5.82 Å². The monoisotopic (exact) mass is 346 g/mol. The lowest BCUT2D eigenvalue weighted by molar-refractivity contribution is 0.700. The first kappa shape index (κ1) is 16.0. The third-order valence-corrected chi connectivity index (χ3v) is 4.83. The molecule has 1 fully saturated rings. The quantitative estimate of drug-likeness (QED) is 0.712. The summed E-state index contributed by atoms with van der Waals surface area (Å²) in [5, 5.41) is 6.25. The van der Waals surface area contributed by atoms with Gasteiger partial charge in [0.15, 0.2) is 5.13 Å². The molecule has 0 aromatic carbocycles. The predicted octanol–water partition coefficient (Wildman–Crippen LogP) is 5.12. The van der Waals surface area contributed by atoms with E-state index in [1.165, 1.54) is 29.8 Å². The normalized spacial score (nSPS) is 13.7. The summed E-state index contributed by atoms with van der Waals surface area (Å²) in [6.45, 7) is 4.39. The Bertz CT molecular complexity index is 805. The summed E-state index contributed by atoms with van der Waals surface area (Å²) in [4.78, 5) is 9.00. The third kappa shape index (κ3) is 3.12. The van der Waals surface area contributed by atoms with Crippen LogP contribution in [0.15, 0.2) is 35.8 Å². The Morgan fingerprint density at radius 1 is 1.26 bits per heavy atom. The number of pyridine rings is 1. The Morgan fingerprint density at radius 3 is 2.78 bits per heavy atom. The van der Waals surface area contributed by atoms with Gasteiger partial charge in [-0.2, -0.15) is 0 Å². The fourth-order valence-corrected chi connectivity index (χ4v) is 3.65. The van der Waals surface area contributed by atoms with E-state index >= 15 is 0 Å². The molecule has 6 heteroatoms. The molecule has 1 saturated carbocycles. The Kier molecular flexibility index (Phi) is 4.41.